The molecule has 1 aliphatic heterocycles. The Morgan fingerprint density at radius 3 is 1.53 bits per heavy atom. The van der Waals surface area contributed by atoms with Crippen molar-refractivity contribution in [3.8, 4) is 0 Å². The first kappa shape index (κ1) is 38.2. The first-order valence-corrected chi connectivity index (χ1v) is 19.7. The third kappa shape index (κ3) is 7.00. The number of nitrogens with one attached hydrogen (secondary N) is 1. The number of carbonyl (C=O) groups excluding carboxylic acids is 3. The summed E-state index contributed by atoms with van der Waals surface area (Å²) in [7, 11) is 0. The fraction of sp³-hybridized carbons (Fsp3) is 0.175. The van der Waals surface area contributed by atoms with Crippen molar-refractivity contribution < 1.29 is 38.8 Å². The van der Waals surface area contributed by atoms with Crippen LogP contribution in [-0.4, -0.2) is 62.4 Å². The van der Waals surface area contributed by atoms with Gasteiger partial charge in [0, 0.05) is 0 Å². The number of rotatable bonds is 15. The molecule has 2 unspecified atom stereocenters. The Balaban J connectivity index is 1.46. The van der Waals surface area contributed by atoms with Gasteiger partial charge in [0.05, 0.1) is 0 Å². The van der Waals surface area contributed by atoms with Crippen molar-refractivity contribution in [3.05, 3.63) is 171 Å². The quantitative estimate of drug-likeness (QED) is 0.0489. The van der Waals surface area contributed by atoms with Gasteiger partial charge in [0.2, 0.25) is 0 Å². The molecule has 0 bridgehead atoms. The molecule has 14 nitrogen and oxygen atoms in total. The van der Waals surface area contributed by atoms with Crippen LogP contribution < -0.4 is 21.2 Å². The summed E-state index contributed by atoms with van der Waals surface area (Å²) in [6.07, 6.45) is -1.43. The summed E-state index contributed by atoms with van der Waals surface area (Å²) in [5, 5.41) is 38.2. The van der Waals surface area contributed by atoms with Gasteiger partial charge in [0.25, 0.3) is 0 Å². The molecule has 1 aliphatic rings. The van der Waals surface area contributed by atoms with Crippen molar-refractivity contribution in [2.45, 2.75) is 31.7 Å². The van der Waals surface area contributed by atoms with E-state index in [1.807, 2.05) is 36.4 Å². The van der Waals surface area contributed by atoms with E-state index in [-0.39, 0.29) is 28.9 Å². The molecule has 5 aromatic carbocycles. The van der Waals surface area contributed by atoms with E-state index in [1.165, 1.54) is 36.4 Å². The Kier molecular flexibility index (Phi) is 11.3. The molecule has 55 heavy (non-hydrogen) atoms. The molecule has 0 radical (unpaired) electrons. The van der Waals surface area contributed by atoms with E-state index < -0.39 is 72.6 Å². The van der Waals surface area contributed by atoms with E-state index in [1.54, 1.807) is 71.4 Å². The summed E-state index contributed by atoms with van der Waals surface area (Å²) in [6, 6.07) is 36.8. The van der Waals surface area contributed by atoms with Gasteiger partial charge in [-0.3, -0.25) is 0 Å². The minimum atomic E-state index is -4.63. The van der Waals surface area contributed by atoms with Gasteiger partial charge in [-0.05, 0) is 0 Å². The van der Waals surface area contributed by atoms with E-state index in [0.29, 0.717) is 15.9 Å². The van der Waals surface area contributed by atoms with Gasteiger partial charge in [0.1, 0.15) is 0 Å². The molecular formula is C40H37N4O10P. The molecule has 2 N–H and O–H groups in total. The molecule has 15 heteroatoms. The molecule has 2 amide bonds. The second-order valence-corrected chi connectivity index (χ2v) is 17.6. The van der Waals surface area contributed by atoms with Crippen LogP contribution in [-0.2, 0) is 32.3 Å². The number of carbonyl (C=O) groups is 3. The van der Waals surface area contributed by atoms with Crippen LogP contribution in [0.2, 0.25) is 0 Å². The number of alkyl carbamates (subject to hydrolysis) is 1. The number of esters is 1. The zero-order valence-electron chi connectivity index (χ0n) is 29.4. The summed E-state index contributed by atoms with van der Waals surface area (Å²) < 4.78 is 12.9. The third-order valence-electron chi connectivity index (χ3n) is 9.86. The zero-order chi connectivity index (χ0) is 39.0. The molecule has 0 aromatic heterocycles. The van der Waals surface area contributed by atoms with Crippen molar-refractivity contribution >= 4 is 52.0 Å². The van der Waals surface area contributed by atoms with E-state index in [9.17, 15) is 39.7 Å². The van der Waals surface area contributed by atoms with Crippen LogP contribution in [0.4, 0.5) is 16.2 Å². The number of nitro benzene ring substituents is 2. The first-order chi connectivity index (χ1) is 26.6. The van der Waals surface area contributed by atoms with E-state index >= 15 is 0 Å². The van der Waals surface area contributed by atoms with E-state index in [2.05, 4.69) is 5.32 Å². The number of β-lactam (4-membered cyclic amide) rings is 1. The Labute approximate surface area is 315 Å². The number of hydrogen-bond donors (Lipinski definition) is 2. The van der Waals surface area contributed by atoms with Gasteiger partial charge in [-0.1, -0.05) is 0 Å². The Hall–Kier alpha value is -6.50. The van der Waals surface area contributed by atoms with Crippen LogP contribution in [0, 0.1) is 20.2 Å². The van der Waals surface area contributed by atoms with Crippen LogP contribution >= 0.6 is 6.75 Å². The Morgan fingerprint density at radius 1 is 0.673 bits per heavy atom. The summed E-state index contributed by atoms with van der Waals surface area (Å²) in [6.45, 7) is -5.88. The van der Waals surface area contributed by atoms with Gasteiger partial charge in [-0.25, -0.2) is 0 Å². The van der Waals surface area contributed by atoms with Gasteiger partial charge in [0.15, 0.2) is 0 Å². The second kappa shape index (κ2) is 16.3. The first-order valence-electron chi connectivity index (χ1n) is 17.3. The summed E-state index contributed by atoms with van der Waals surface area (Å²) >= 11 is 0. The van der Waals surface area contributed by atoms with Crippen molar-refractivity contribution in [3.63, 3.8) is 0 Å². The second-order valence-electron chi connectivity index (χ2n) is 12.8. The summed E-state index contributed by atoms with van der Waals surface area (Å²) in [4.78, 5) is 64.9. The average molecular weight is 765 g/mol. The number of hydrogen-bond acceptors (Lipinski definition) is 10. The summed E-state index contributed by atoms with van der Waals surface area (Å²) in [5.41, 5.74) is -0.121. The number of aliphatic hydroxyl groups excluding tert-OH is 1. The van der Waals surface area contributed by atoms with Crippen LogP contribution in [0.5, 0.6) is 0 Å². The third-order valence-corrected chi connectivity index (χ3v) is 16.4. The molecule has 6 rings (SSSR count). The zero-order valence-corrected chi connectivity index (χ0v) is 30.3. The van der Waals surface area contributed by atoms with Crippen molar-refractivity contribution in [1.29, 1.82) is 0 Å². The van der Waals surface area contributed by atoms with Crippen molar-refractivity contribution in [2.75, 3.05) is 12.8 Å². The predicted octanol–water partition coefficient (Wildman–Crippen LogP) is 4.88. The monoisotopic (exact) mass is 764 g/mol. The van der Waals surface area contributed by atoms with Crippen LogP contribution in [0.15, 0.2) is 140 Å². The van der Waals surface area contributed by atoms with Crippen LogP contribution in [0.25, 0.3) is 0 Å². The molecule has 282 valence electrons. The number of amides is 2. The van der Waals surface area contributed by atoms with Gasteiger partial charge >= 0.3 is 316 Å². The number of nitro groups is 2. The minimum absolute atomic E-state index is 0.0174. The fourth-order valence-corrected chi connectivity index (χ4v) is 14.3. The molecule has 0 spiro atoms. The average Bonchev–Trinajstić information content (AvgIpc) is 3.22. The number of aliphatic hydroxyl groups is 1. The Bertz CT molecular complexity index is 2110. The van der Waals surface area contributed by atoms with Gasteiger partial charge in [-0.2, -0.15) is 0 Å². The van der Waals surface area contributed by atoms with Gasteiger partial charge in [-0.15, -0.1) is 0 Å². The van der Waals surface area contributed by atoms with Crippen LogP contribution in [0.1, 0.15) is 17.5 Å². The molecule has 1 heterocycles. The maximum absolute atomic E-state index is 14.9. The van der Waals surface area contributed by atoms with Crippen LogP contribution in [0.3, 0.4) is 0 Å². The van der Waals surface area contributed by atoms with Crippen molar-refractivity contribution in [2.24, 2.45) is 0 Å². The SMILES string of the molecule is O=C(CP(c1ccccc1)(c1ccccc1)(c1ccccc1)N1C(=O)C(NC(=O)OCc2ccccc2[N+](=O)[O-])C1CCO)OCc1ccccc1[N+](=O)[O-]. The molecule has 2 atom stereocenters. The predicted molar refractivity (Wildman–Crippen MR) is 205 cm³/mol. The Morgan fingerprint density at radius 2 is 1.09 bits per heavy atom. The molecule has 1 saturated heterocycles. The topological polar surface area (TPSA) is 191 Å². The molecular weight excluding hydrogens is 727 g/mol. The molecule has 1 fully saturated rings. The number of nitrogens with zero attached hydrogens (tertiary/aromatic N) is 3. The maximum atomic E-state index is 14.9. The molecule has 0 aliphatic carbocycles. The standard InChI is InChI=1S/C40H37N4O10P/c45-25-24-36-38(41-40(48)54-27-30-15-11-13-23-35(30)44(51)52)39(47)42(36)55(31-16-4-1-5-17-31,32-18-6-2-7-19-32,33-20-8-3-9-21-33)28-37(46)53-26-29-14-10-12-22-34(29)43(49)50/h1-23,36,38,45H,24-28H2,(H,41,48). The normalized spacial score (nSPS) is 15.8. The number of benzene rings is 5. The number of ether oxygens (including phenoxy) is 2. The molecule has 0 saturated carbocycles. The van der Waals surface area contributed by atoms with Crippen molar-refractivity contribution in [1.82, 2.24) is 9.99 Å². The van der Waals surface area contributed by atoms with Gasteiger partial charge < -0.3 is 0 Å². The summed E-state index contributed by atoms with van der Waals surface area (Å²) in [5.74, 6) is -1.31. The van der Waals surface area contributed by atoms with E-state index in [0.717, 1.165) is 0 Å². The van der Waals surface area contributed by atoms with E-state index in [4.69, 9.17) is 9.47 Å². The molecule has 5 aromatic rings. The number of para-hydroxylation sites is 2. The fourth-order valence-electron chi connectivity index (χ4n) is 7.46.